The van der Waals surface area contributed by atoms with Gasteiger partial charge < -0.3 is 10.1 Å². The first-order valence-electron chi connectivity index (χ1n) is 4.68. The Hall–Kier alpha value is -2.36. The molecule has 0 atom stereocenters. The zero-order valence-electron chi connectivity index (χ0n) is 8.31. The molecule has 0 radical (unpaired) electrons. The summed E-state index contributed by atoms with van der Waals surface area (Å²) < 4.78 is 0. The van der Waals surface area contributed by atoms with E-state index in [1.54, 1.807) is 30.3 Å². The molecular weight excluding hydrogens is 206 g/mol. The number of hydrogen-bond donors (Lipinski definition) is 2. The SMILES string of the molecule is O=Cc1ccc(-c2ccc(O)c(=O)[nH]2)cc1. The Kier molecular flexibility index (Phi) is 2.55. The Labute approximate surface area is 91.2 Å². The fourth-order valence-corrected chi connectivity index (χ4v) is 1.38. The van der Waals surface area contributed by atoms with Crippen LogP contribution >= 0.6 is 0 Å². The van der Waals surface area contributed by atoms with Crippen molar-refractivity contribution in [3.05, 3.63) is 52.3 Å². The van der Waals surface area contributed by atoms with Crippen LogP contribution in [0.4, 0.5) is 0 Å². The quantitative estimate of drug-likeness (QED) is 0.747. The molecule has 16 heavy (non-hydrogen) atoms. The molecule has 0 saturated heterocycles. The third-order valence-corrected chi connectivity index (χ3v) is 2.25. The standard InChI is InChI=1S/C12H9NO3/c14-7-8-1-3-9(4-2-8)10-5-6-11(15)12(16)13-10/h1-7,15H,(H,13,16). The van der Waals surface area contributed by atoms with Gasteiger partial charge in [0.15, 0.2) is 5.75 Å². The number of rotatable bonds is 2. The molecule has 1 aromatic heterocycles. The Morgan fingerprint density at radius 2 is 1.75 bits per heavy atom. The molecule has 0 aliphatic rings. The number of aromatic hydroxyl groups is 1. The molecule has 0 aliphatic carbocycles. The second kappa shape index (κ2) is 4.02. The fourth-order valence-electron chi connectivity index (χ4n) is 1.38. The highest BCUT2D eigenvalue weighted by Gasteiger charge is 2.01. The molecule has 1 aromatic carbocycles. The van der Waals surface area contributed by atoms with E-state index in [1.807, 2.05) is 0 Å². The van der Waals surface area contributed by atoms with E-state index in [0.29, 0.717) is 11.3 Å². The molecule has 0 fully saturated rings. The van der Waals surface area contributed by atoms with Crippen LogP contribution in [0.1, 0.15) is 10.4 Å². The average molecular weight is 215 g/mol. The van der Waals surface area contributed by atoms with Crippen molar-refractivity contribution < 1.29 is 9.90 Å². The van der Waals surface area contributed by atoms with Gasteiger partial charge in [0.1, 0.15) is 6.29 Å². The van der Waals surface area contributed by atoms with Crippen LogP contribution in [0.3, 0.4) is 0 Å². The summed E-state index contributed by atoms with van der Waals surface area (Å²) in [5.41, 5.74) is 1.42. The van der Waals surface area contributed by atoms with E-state index in [9.17, 15) is 9.59 Å². The molecular formula is C12H9NO3. The molecule has 80 valence electrons. The zero-order valence-corrected chi connectivity index (χ0v) is 8.31. The van der Waals surface area contributed by atoms with Crippen molar-refractivity contribution in [3.63, 3.8) is 0 Å². The third kappa shape index (κ3) is 1.86. The number of carbonyl (C=O) groups is 1. The van der Waals surface area contributed by atoms with E-state index in [1.165, 1.54) is 6.07 Å². The lowest BCUT2D eigenvalue weighted by molar-refractivity contribution is 0.112. The Morgan fingerprint density at radius 3 is 2.31 bits per heavy atom. The normalized spacial score (nSPS) is 10.0. The lowest BCUT2D eigenvalue weighted by Crippen LogP contribution is -2.05. The first-order valence-corrected chi connectivity index (χ1v) is 4.68. The number of hydrogen-bond acceptors (Lipinski definition) is 3. The number of H-pyrrole nitrogens is 1. The summed E-state index contributed by atoms with van der Waals surface area (Å²) in [5.74, 6) is -0.312. The van der Waals surface area contributed by atoms with Crippen LogP contribution in [-0.2, 0) is 0 Å². The van der Waals surface area contributed by atoms with Gasteiger partial charge in [0.25, 0.3) is 5.56 Å². The van der Waals surface area contributed by atoms with Gasteiger partial charge >= 0.3 is 0 Å². The van der Waals surface area contributed by atoms with Gasteiger partial charge in [-0.05, 0) is 17.7 Å². The number of aldehydes is 1. The molecule has 0 unspecified atom stereocenters. The van der Waals surface area contributed by atoms with Crippen molar-refractivity contribution in [3.8, 4) is 17.0 Å². The predicted molar refractivity (Wildman–Crippen MR) is 59.6 cm³/mol. The highest BCUT2D eigenvalue weighted by molar-refractivity contribution is 5.76. The predicted octanol–water partition coefficient (Wildman–Crippen LogP) is 1.56. The molecule has 1 heterocycles. The van der Waals surface area contributed by atoms with Gasteiger partial charge in [0, 0.05) is 11.3 Å². The van der Waals surface area contributed by atoms with Gasteiger partial charge in [-0.25, -0.2) is 0 Å². The summed E-state index contributed by atoms with van der Waals surface area (Å²) in [6.45, 7) is 0. The van der Waals surface area contributed by atoms with Crippen molar-refractivity contribution >= 4 is 6.29 Å². The van der Waals surface area contributed by atoms with Gasteiger partial charge in [-0.3, -0.25) is 9.59 Å². The van der Waals surface area contributed by atoms with Gasteiger partial charge in [-0.2, -0.15) is 0 Å². The smallest absolute Gasteiger partial charge is 0.290 e. The number of pyridine rings is 1. The third-order valence-electron chi connectivity index (χ3n) is 2.25. The van der Waals surface area contributed by atoms with E-state index >= 15 is 0 Å². The summed E-state index contributed by atoms with van der Waals surface area (Å²) in [4.78, 5) is 24.2. The Morgan fingerprint density at radius 1 is 1.06 bits per heavy atom. The van der Waals surface area contributed by atoms with E-state index < -0.39 is 5.56 Å². The van der Waals surface area contributed by atoms with Crippen molar-refractivity contribution in [2.75, 3.05) is 0 Å². The first-order chi connectivity index (χ1) is 7.70. The van der Waals surface area contributed by atoms with E-state index in [4.69, 9.17) is 5.11 Å². The molecule has 2 rings (SSSR count). The highest BCUT2D eigenvalue weighted by Crippen LogP contribution is 2.16. The minimum atomic E-state index is -0.531. The van der Waals surface area contributed by atoms with Gasteiger partial charge in [-0.15, -0.1) is 0 Å². The van der Waals surface area contributed by atoms with Crippen molar-refractivity contribution in [1.29, 1.82) is 0 Å². The maximum absolute atomic E-state index is 11.2. The van der Waals surface area contributed by atoms with Gasteiger partial charge in [-0.1, -0.05) is 24.3 Å². The number of benzene rings is 1. The van der Waals surface area contributed by atoms with E-state index in [0.717, 1.165) is 11.8 Å². The first kappa shape index (κ1) is 10.2. The van der Waals surface area contributed by atoms with Gasteiger partial charge in [0.05, 0.1) is 0 Å². The molecule has 0 aliphatic heterocycles. The summed E-state index contributed by atoms with van der Waals surface area (Å²) >= 11 is 0. The Bertz CT molecular complexity index is 570. The second-order valence-corrected chi connectivity index (χ2v) is 3.33. The minimum Gasteiger partial charge on any atom is -0.503 e. The molecule has 2 aromatic rings. The topological polar surface area (TPSA) is 70.2 Å². The van der Waals surface area contributed by atoms with Crippen LogP contribution in [0, 0.1) is 0 Å². The molecule has 0 amide bonds. The second-order valence-electron chi connectivity index (χ2n) is 3.33. The van der Waals surface area contributed by atoms with Crippen molar-refractivity contribution in [2.45, 2.75) is 0 Å². The molecule has 4 heteroatoms. The summed E-state index contributed by atoms with van der Waals surface area (Å²) in [7, 11) is 0. The summed E-state index contributed by atoms with van der Waals surface area (Å²) in [6, 6.07) is 9.72. The maximum atomic E-state index is 11.2. The summed E-state index contributed by atoms with van der Waals surface area (Å²) in [6.07, 6.45) is 0.753. The van der Waals surface area contributed by atoms with Crippen LogP contribution in [-0.4, -0.2) is 16.4 Å². The van der Waals surface area contributed by atoms with Crippen LogP contribution in [0.5, 0.6) is 5.75 Å². The monoisotopic (exact) mass is 215 g/mol. The fraction of sp³-hybridized carbons (Fsp3) is 0. The van der Waals surface area contributed by atoms with Crippen molar-refractivity contribution in [2.24, 2.45) is 0 Å². The Balaban J connectivity index is 2.46. The van der Waals surface area contributed by atoms with Crippen LogP contribution in [0.2, 0.25) is 0 Å². The van der Waals surface area contributed by atoms with Crippen LogP contribution in [0.25, 0.3) is 11.3 Å². The van der Waals surface area contributed by atoms with Crippen LogP contribution < -0.4 is 5.56 Å². The molecule has 4 nitrogen and oxygen atoms in total. The lowest BCUT2D eigenvalue weighted by atomic mass is 10.1. The van der Waals surface area contributed by atoms with E-state index in [-0.39, 0.29) is 5.75 Å². The van der Waals surface area contributed by atoms with Gasteiger partial charge in [0.2, 0.25) is 0 Å². The minimum absolute atomic E-state index is 0.312. The molecule has 0 saturated carbocycles. The van der Waals surface area contributed by atoms with Crippen LogP contribution in [0.15, 0.2) is 41.2 Å². The lowest BCUT2D eigenvalue weighted by Gasteiger charge is -2.01. The average Bonchev–Trinajstić information content (AvgIpc) is 2.33. The number of carbonyl (C=O) groups excluding carboxylic acids is 1. The summed E-state index contributed by atoms with van der Waals surface area (Å²) in [5, 5.41) is 9.08. The van der Waals surface area contributed by atoms with Crippen molar-refractivity contribution in [1.82, 2.24) is 4.98 Å². The van der Waals surface area contributed by atoms with E-state index in [2.05, 4.69) is 4.98 Å². The zero-order chi connectivity index (χ0) is 11.5. The largest absolute Gasteiger partial charge is 0.503 e. The maximum Gasteiger partial charge on any atom is 0.290 e. The molecule has 2 N–H and O–H groups in total. The molecule has 0 bridgehead atoms. The molecule has 0 spiro atoms. The number of aromatic nitrogens is 1. The number of nitrogens with one attached hydrogen (secondary N) is 1. The number of aromatic amines is 1. The highest BCUT2D eigenvalue weighted by atomic mass is 16.3.